The van der Waals surface area contributed by atoms with Crippen LogP contribution in [0.3, 0.4) is 0 Å². The third-order valence-corrected chi connectivity index (χ3v) is 7.67. The summed E-state index contributed by atoms with van der Waals surface area (Å²) in [5.41, 5.74) is 11.8. The molecule has 3 aromatic carbocycles. The zero-order valence-corrected chi connectivity index (χ0v) is 23.8. The van der Waals surface area contributed by atoms with E-state index in [0.717, 1.165) is 22.3 Å². The highest BCUT2D eigenvalue weighted by atomic mass is 35.5. The summed E-state index contributed by atoms with van der Waals surface area (Å²) in [5.74, 6) is 0.296. The fourth-order valence-corrected chi connectivity index (χ4v) is 5.36. The van der Waals surface area contributed by atoms with E-state index in [4.69, 9.17) is 38.4 Å². The van der Waals surface area contributed by atoms with Crippen LogP contribution >= 0.6 is 23.2 Å². The number of benzene rings is 3. The van der Waals surface area contributed by atoms with E-state index >= 15 is 0 Å². The van der Waals surface area contributed by atoms with Crippen molar-refractivity contribution in [2.45, 2.75) is 25.5 Å². The van der Waals surface area contributed by atoms with Crippen LogP contribution in [0.15, 0.2) is 72.8 Å². The molecule has 4 aromatic rings. The van der Waals surface area contributed by atoms with Gasteiger partial charge in [0.15, 0.2) is 0 Å². The predicted octanol–water partition coefficient (Wildman–Crippen LogP) is 6.49. The fraction of sp³-hybridized carbons (Fsp3) is 0.194. The summed E-state index contributed by atoms with van der Waals surface area (Å²) in [5, 5.41) is 6.52. The van der Waals surface area contributed by atoms with Gasteiger partial charge in [0, 0.05) is 46.9 Å². The van der Waals surface area contributed by atoms with Crippen LogP contribution in [0.1, 0.15) is 18.4 Å². The first-order valence-electron chi connectivity index (χ1n) is 13.0. The van der Waals surface area contributed by atoms with Crippen molar-refractivity contribution in [3.8, 4) is 39.4 Å². The number of alkyl carbamates (subject to hydrolysis) is 1. The van der Waals surface area contributed by atoms with Gasteiger partial charge in [-0.15, -0.1) is 0 Å². The summed E-state index contributed by atoms with van der Waals surface area (Å²) in [6, 6.07) is 22.5. The highest BCUT2D eigenvalue weighted by Crippen LogP contribution is 2.42. The molecule has 1 atom stereocenters. The first-order valence-corrected chi connectivity index (χ1v) is 13.8. The number of methoxy groups -OCH3 is 1. The Bertz CT molecular complexity index is 1590. The summed E-state index contributed by atoms with van der Waals surface area (Å²) in [6.07, 6.45) is 0.556. The molecule has 2 amide bonds. The third kappa shape index (κ3) is 6.39. The van der Waals surface area contributed by atoms with Gasteiger partial charge in [-0.05, 0) is 36.2 Å². The Morgan fingerprint density at radius 2 is 1.63 bits per heavy atom. The number of nitrogens with two attached hydrogens (primary N) is 1. The number of pyridine rings is 1. The summed E-state index contributed by atoms with van der Waals surface area (Å²) in [6.45, 7) is 0.265. The Morgan fingerprint density at radius 3 is 2.29 bits per heavy atom. The topological polar surface area (TPSA) is 116 Å². The number of nitrogens with one attached hydrogen (secondary N) is 2. The van der Waals surface area contributed by atoms with Crippen LogP contribution in [0.2, 0.25) is 10.0 Å². The minimum absolute atomic E-state index is 0.0125. The smallest absolute Gasteiger partial charge is 0.407 e. The van der Waals surface area contributed by atoms with Gasteiger partial charge in [0.05, 0.1) is 28.4 Å². The molecule has 8 nitrogen and oxygen atoms in total. The second kappa shape index (κ2) is 12.5. The lowest BCUT2D eigenvalue weighted by Gasteiger charge is -2.15. The van der Waals surface area contributed by atoms with Crippen molar-refractivity contribution in [3.63, 3.8) is 0 Å². The number of aromatic nitrogens is 1. The van der Waals surface area contributed by atoms with Gasteiger partial charge in [0.25, 0.3) is 0 Å². The highest BCUT2D eigenvalue weighted by Gasteiger charge is 2.21. The van der Waals surface area contributed by atoms with E-state index < -0.39 is 6.09 Å². The fourth-order valence-electron chi connectivity index (χ4n) is 4.70. The van der Waals surface area contributed by atoms with Crippen LogP contribution in [0.5, 0.6) is 5.88 Å². The Morgan fingerprint density at radius 1 is 0.976 bits per heavy atom. The molecule has 0 unspecified atom stereocenters. The molecular formula is C31H28Cl2N4O4. The molecule has 0 radical (unpaired) electrons. The first-order chi connectivity index (χ1) is 19.8. The number of carbonyl (C=O) groups excluding carboxylic acids is 2. The maximum Gasteiger partial charge on any atom is 0.407 e. The highest BCUT2D eigenvalue weighted by molar-refractivity contribution is 6.39. The lowest BCUT2D eigenvalue weighted by atomic mass is 9.96. The quantitative estimate of drug-likeness (QED) is 0.202. The molecule has 1 aliphatic heterocycles. The molecule has 0 aliphatic carbocycles. The van der Waals surface area contributed by atoms with Crippen LogP contribution in [0.25, 0.3) is 33.5 Å². The van der Waals surface area contributed by atoms with Gasteiger partial charge in [-0.1, -0.05) is 71.7 Å². The molecule has 1 saturated heterocycles. The van der Waals surface area contributed by atoms with Crippen LogP contribution in [0, 0.1) is 0 Å². The van der Waals surface area contributed by atoms with Crippen molar-refractivity contribution in [2.24, 2.45) is 0 Å². The molecule has 0 bridgehead atoms. The first kappa shape index (κ1) is 28.3. The number of rotatable bonds is 8. The second-order valence-corrected chi connectivity index (χ2v) is 10.3. The van der Waals surface area contributed by atoms with Crippen molar-refractivity contribution < 1.29 is 19.1 Å². The van der Waals surface area contributed by atoms with E-state index in [1.807, 2.05) is 60.7 Å². The Balaban J connectivity index is 1.35. The molecule has 210 valence electrons. The predicted molar refractivity (Wildman–Crippen MR) is 161 cm³/mol. The van der Waals surface area contributed by atoms with Gasteiger partial charge < -0.3 is 25.8 Å². The minimum atomic E-state index is -0.592. The van der Waals surface area contributed by atoms with E-state index in [9.17, 15) is 9.59 Å². The van der Waals surface area contributed by atoms with Gasteiger partial charge in [-0.3, -0.25) is 4.79 Å². The maximum atomic E-state index is 12.2. The number of amides is 2. The van der Waals surface area contributed by atoms with E-state index in [-0.39, 0.29) is 18.6 Å². The molecule has 1 aliphatic rings. The van der Waals surface area contributed by atoms with E-state index in [0.29, 0.717) is 57.8 Å². The standard InChI is InChI=1S/C31H28Cl2N4O4/c1-40-30-19(17-41-31(39)35-16-21-13-15-27(38)36-21)10-14-26(37-30)25-7-3-6-24(29(25)33)23-5-2-4-22(28(23)32)18-8-11-20(34)12-9-18/h2-12,14,21H,13,15-17,34H2,1H3,(H,35,39)(H,36,38)/t21-/m0/s1. The number of halogens is 2. The number of hydrogen-bond acceptors (Lipinski definition) is 6. The second-order valence-electron chi connectivity index (χ2n) is 9.58. The minimum Gasteiger partial charge on any atom is -0.481 e. The molecule has 2 heterocycles. The van der Waals surface area contributed by atoms with E-state index in [1.54, 1.807) is 12.1 Å². The van der Waals surface area contributed by atoms with E-state index in [1.165, 1.54) is 7.11 Å². The maximum absolute atomic E-state index is 12.2. The summed E-state index contributed by atoms with van der Waals surface area (Å²) < 4.78 is 10.8. The monoisotopic (exact) mass is 590 g/mol. The number of carbonyl (C=O) groups is 2. The Hall–Kier alpha value is -4.27. The van der Waals surface area contributed by atoms with Crippen molar-refractivity contribution in [2.75, 3.05) is 19.4 Å². The molecule has 1 aromatic heterocycles. The van der Waals surface area contributed by atoms with Crippen molar-refractivity contribution in [3.05, 3.63) is 88.4 Å². The van der Waals surface area contributed by atoms with Crippen LogP contribution in [-0.4, -0.2) is 36.7 Å². The zero-order valence-electron chi connectivity index (χ0n) is 22.2. The number of anilines is 1. The van der Waals surface area contributed by atoms with Gasteiger partial charge in [0.2, 0.25) is 11.8 Å². The number of nitrogen functional groups attached to an aromatic ring is 1. The number of nitrogens with zero attached hydrogens (tertiary/aromatic N) is 1. The van der Waals surface area contributed by atoms with E-state index in [2.05, 4.69) is 15.6 Å². The zero-order chi connectivity index (χ0) is 28.9. The molecule has 0 saturated carbocycles. The average Bonchev–Trinajstić information content (AvgIpc) is 3.41. The molecule has 10 heteroatoms. The summed E-state index contributed by atoms with van der Waals surface area (Å²) >= 11 is 13.8. The SMILES string of the molecule is COc1nc(-c2cccc(-c3cccc(-c4ccc(N)cc4)c3Cl)c2Cl)ccc1COC(=O)NC[C@@H]1CCC(=O)N1. The molecule has 0 spiro atoms. The van der Waals surface area contributed by atoms with Crippen molar-refractivity contribution in [1.82, 2.24) is 15.6 Å². The average molecular weight is 591 g/mol. The normalized spacial score (nSPS) is 14.4. The molecule has 41 heavy (non-hydrogen) atoms. The van der Waals surface area contributed by atoms with Gasteiger partial charge >= 0.3 is 6.09 Å². The summed E-state index contributed by atoms with van der Waals surface area (Å²) in [4.78, 5) is 28.1. The summed E-state index contributed by atoms with van der Waals surface area (Å²) in [7, 11) is 1.50. The largest absolute Gasteiger partial charge is 0.481 e. The van der Waals surface area contributed by atoms with Crippen molar-refractivity contribution in [1.29, 1.82) is 0 Å². The van der Waals surface area contributed by atoms with Gasteiger partial charge in [-0.25, -0.2) is 9.78 Å². The number of ether oxygens (including phenoxy) is 2. The van der Waals surface area contributed by atoms with Crippen LogP contribution in [-0.2, 0) is 16.1 Å². The lowest BCUT2D eigenvalue weighted by molar-refractivity contribution is -0.119. The Kier molecular flexibility index (Phi) is 8.61. The van der Waals surface area contributed by atoms with Crippen molar-refractivity contribution >= 4 is 40.9 Å². The van der Waals surface area contributed by atoms with Crippen LogP contribution in [0.4, 0.5) is 10.5 Å². The van der Waals surface area contributed by atoms with Gasteiger partial charge in [-0.2, -0.15) is 0 Å². The molecule has 1 fully saturated rings. The molecular weight excluding hydrogens is 563 g/mol. The number of hydrogen-bond donors (Lipinski definition) is 3. The molecule has 5 rings (SSSR count). The lowest BCUT2D eigenvalue weighted by Crippen LogP contribution is -2.38. The third-order valence-electron chi connectivity index (χ3n) is 6.85. The van der Waals surface area contributed by atoms with Crippen LogP contribution < -0.4 is 21.1 Å². The molecule has 4 N–H and O–H groups in total. The van der Waals surface area contributed by atoms with Gasteiger partial charge in [0.1, 0.15) is 6.61 Å². The Labute approximate surface area is 247 Å².